The number of hydrogen-bond donors (Lipinski definition) is 2. The number of thiocarbonyl (C=S) groups is 1. The maximum atomic E-state index is 5.12. The van der Waals surface area contributed by atoms with Crippen LogP contribution < -0.4 is 15.4 Å². The van der Waals surface area contributed by atoms with Crippen molar-refractivity contribution in [3.8, 4) is 5.88 Å². The van der Waals surface area contributed by atoms with Gasteiger partial charge in [-0.25, -0.2) is 4.98 Å². The summed E-state index contributed by atoms with van der Waals surface area (Å²) in [5, 5.41) is 6.44. The van der Waals surface area contributed by atoms with Crippen LogP contribution in [0.25, 0.3) is 0 Å². The van der Waals surface area contributed by atoms with Crippen LogP contribution in [0.5, 0.6) is 5.88 Å². The van der Waals surface area contributed by atoms with Gasteiger partial charge in [0, 0.05) is 32.0 Å². The van der Waals surface area contributed by atoms with Crippen LogP contribution in [0.15, 0.2) is 6.07 Å². The Hall–Kier alpha value is -1.47. The molecule has 7 heteroatoms. The molecule has 1 aromatic rings. The molecule has 0 aliphatic rings. The average molecular weight is 270 g/mol. The number of rotatable bonds is 6. The molecule has 0 fully saturated rings. The van der Waals surface area contributed by atoms with Gasteiger partial charge in [-0.05, 0) is 25.6 Å². The molecule has 6 nitrogen and oxygen atoms in total. The first-order chi connectivity index (χ1) is 8.65. The highest BCUT2D eigenvalue weighted by atomic mass is 32.1. The highest BCUT2D eigenvalue weighted by Gasteiger charge is 2.03. The van der Waals surface area contributed by atoms with Gasteiger partial charge in [-0.3, -0.25) is 0 Å². The van der Waals surface area contributed by atoms with E-state index in [9.17, 15) is 0 Å². The molecule has 1 heterocycles. The van der Waals surface area contributed by atoms with E-state index >= 15 is 0 Å². The molecule has 0 aliphatic heterocycles. The minimum absolute atomic E-state index is 0.427. The first-order valence-electron chi connectivity index (χ1n) is 5.59. The number of aromatic nitrogens is 2. The molecular weight excluding hydrogens is 252 g/mol. The van der Waals surface area contributed by atoms with Crippen LogP contribution in [0, 0.1) is 6.92 Å². The summed E-state index contributed by atoms with van der Waals surface area (Å²) in [5.74, 6) is 0.934. The topological polar surface area (TPSA) is 68.3 Å². The van der Waals surface area contributed by atoms with Crippen LogP contribution in [0.1, 0.15) is 12.1 Å². The van der Waals surface area contributed by atoms with Gasteiger partial charge in [0.25, 0.3) is 0 Å². The third kappa shape index (κ3) is 5.24. The number of aryl methyl sites for hydroxylation is 1. The molecule has 0 spiro atoms. The lowest BCUT2D eigenvalue weighted by atomic mass is 10.4. The minimum atomic E-state index is 0.427. The molecule has 0 saturated heterocycles. The molecular formula is C11H18N4O2S. The number of anilines is 1. The zero-order valence-corrected chi connectivity index (χ0v) is 11.6. The van der Waals surface area contributed by atoms with Gasteiger partial charge in [-0.15, -0.1) is 0 Å². The van der Waals surface area contributed by atoms with Gasteiger partial charge >= 0.3 is 0 Å². The van der Waals surface area contributed by atoms with Gasteiger partial charge in [-0.2, -0.15) is 4.98 Å². The van der Waals surface area contributed by atoms with E-state index in [1.165, 1.54) is 0 Å². The van der Waals surface area contributed by atoms with E-state index in [0.717, 1.165) is 18.7 Å². The molecule has 1 rings (SSSR count). The number of nitrogens with zero attached hydrogens (tertiary/aromatic N) is 2. The van der Waals surface area contributed by atoms with E-state index in [1.54, 1.807) is 20.3 Å². The number of methoxy groups -OCH3 is 2. The standard InChI is InChI=1S/C11H18N4O2S/c1-8-7-9(17-3)14-10(13-8)15-11(18)12-5-4-6-16-2/h7H,4-6H2,1-3H3,(H2,12,13,14,15,18). The lowest BCUT2D eigenvalue weighted by molar-refractivity contribution is 0.196. The van der Waals surface area contributed by atoms with Crippen molar-refractivity contribution in [1.82, 2.24) is 15.3 Å². The van der Waals surface area contributed by atoms with Crippen LogP contribution in [-0.4, -0.2) is 42.5 Å². The van der Waals surface area contributed by atoms with E-state index in [1.807, 2.05) is 6.92 Å². The zero-order valence-electron chi connectivity index (χ0n) is 10.8. The highest BCUT2D eigenvalue weighted by molar-refractivity contribution is 7.80. The number of hydrogen-bond acceptors (Lipinski definition) is 5. The van der Waals surface area contributed by atoms with Crippen LogP contribution in [0.4, 0.5) is 5.95 Å². The molecule has 1 aromatic heterocycles. The van der Waals surface area contributed by atoms with Crippen molar-refractivity contribution in [2.24, 2.45) is 0 Å². The Morgan fingerprint density at radius 3 is 2.83 bits per heavy atom. The third-order valence-corrected chi connectivity index (χ3v) is 2.32. The van der Waals surface area contributed by atoms with Gasteiger partial charge in [0.15, 0.2) is 5.11 Å². The Bertz CT molecular complexity index is 401. The Morgan fingerprint density at radius 1 is 1.39 bits per heavy atom. The van der Waals surface area contributed by atoms with Crippen molar-refractivity contribution in [1.29, 1.82) is 0 Å². The van der Waals surface area contributed by atoms with Crippen LogP contribution in [-0.2, 0) is 4.74 Å². The second-order valence-electron chi connectivity index (χ2n) is 3.60. The monoisotopic (exact) mass is 270 g/mol. The minimum Gasteiger partial charge on any atom is -0.481 e. The maximum Gasteiger partial charge on any atom is 0.232 e. The Labute approximate surface area is 112 Å². The lowest BCUT2D eigenvalue weighted by Crippen LogP contribution is -2.30. The van der Waals surface area contributed by atoms with Gasteiger partial charge in [-0.1, -0.05) is 0 Å². The first kappa shape index (κ1) is 14.6. The summed E-state index contributed by atoms with van der Waals surface area (Å²) in [6.45, 7) is 3.30. The Kier molecular flexibility index (Phi) is 6.31. The molecule has 0 saturated carbocycles. The summed E-state index contributed by atoms with van der Waals surface area (Å²) < 4.78 is 10.0. The van der Waals surface area contributed by atoms with Crippen molar-refractivity contribution in [2.75, 3.05) is 32.7 Å². The van der Waals surface area contributed by atoms with Crippen molar-refractivity contribution < 1.29 is 9.47 Å². The molecule has 0 radical (unpaired) electrons. The third-order valence-electron chi connectivity index (χ3n) is 2.08. The average Bonchev–Trinajstić information content (AvgIpc) is 2.34. The van der Waals surface area contributed by atoms with Crippen LogP contribution in [0.2, 0.25) is 0 Å². The second kappa shape index (κ2) is 7.78. The second-order valence-corrected chi connectivity index (χ2v) is 4.01. The van der Waals surface area contributed by atoms with Crippen molar-refractivity contribution in [3.05, 3.63) is 11.8 Å². The SMILES string of the molecule is COCCCNC(=S)Nc1nc(C)cc(OC)n1. The smallest absolute Gasteiger partial charge is 0.232 e. The molecule has 0 amide bonds. The zero-order chi connectivity index (χ0) is 13.4. The molecule has 18 heavy (non-hydrogen) atoms. The molecule has 0 aromatic carbocycles. The summed E-state index contributed by atoms with van der Waals surface area (Å²) in [6.07, 6.45) is 0.885. The number of nitrogens with one attached hydrogen (secondary N) is 2. The molecule has 0 atom stereocenters. The summed E-state index contributed by atoms with van der Waals surface area (Å²) >= 11 is 5.12. The molecule has 0 unspecified atom stereocenters. The molecule has 0 bridgehead atoms. The predicted molar refractivity (Wildman–Crippen MR) is 74.0 cm³/mol. The molecule has 100 valence electrons. The van der Waals surface area contributed by atoms with Gasteiger partial charge < -0.3 is 20.1 Å². The lowest BCUT2D eigenvalue weighted by Gasteiger charge is -2.10. The Morgan fingerprint density at radius 2 is 2.17 bits per heavy atom. The van der Waals surface area contributed by atoms with Crippen molar-refractivity contribution in [3.63, 3.8) is 0 Å². The fraction of sp³-hybridized carbons (Fsp3) is 0.545. The summed E-state index contributed by atoms with van der Waals surface area (Å²) in [7, 11) is 3.23. The summed E-state index contributed by atoms with van der Waals surface area (Å²) in [4.78, 5) is 8.35. The fourth-order valence-corrected chi connectivity index (χ4v) is 1.46. The Balaban J connectivity index is 2.46. The van der Waals surface area contributed by atoms with E-state index in [0.29, 0.717) is 23.5 Å². The largest absolute Gasteiger partial charge is 0.481 e. The summed E-state index contributed by atoms with van der Waals surface area (Å²) in [6, 6.07) is 1.75. The maximum absolute atomic E-state index is 5.12. The van der Waals surface area contributed by atoms with E-state index < -0.39 is 0 Å². The van der Waals surface area contributed by atoms with Gasteiger partial charge in [0.05, 0.1) is 7.11 Å². The van der Waals surface area contributed by atoms with Crippen molar-refractivity contribution >= 4 is 23.3 Å². The molecule has 2 N–H and O–H groups in total. The van der Waals surface area contributed by atoms with E-state index in [4.69, 9.17) is 21.7 Å². The van der Waals surface area contributed by atoms with Gasteiger partial charge in [0.1, 0.15) is 0 Å². The number of ether oxygens (including phenoxy) is 2. The highest BCUT2D eigenvalue weighted by Crippen LogP contribution is 2.10. The van der Waals surface area contributed by atoms with Crippen LogP contribution in [0.3, 0.4) is 0 Å². The van der Waals surface area contributed by atoms with Crippen molar-refractivity contribution in [2.45, 2.75) is 13.3 Å². The molecule has 0 aliphatic carbocycles. The predicted octanol–water partition coefficient (Wildman–Crippen LogP) is 1.12. The first-order valence-corrected chi connectivity index (χ1v) is 6.00. The fourth-order valence-electron chi connectivity index (χ4n) is 1.26. The normalized spacial score (nSPS) is 9.94. The quantitative estimate of drug-likeness (QED) is 0.593. The summed E-state index contributed by atoms with van der Waals surface area (Å²) in [5.41, 5.74) is 0.812. The van der Waals surface area contributed by atoms with E-state index in [-0.39, 0.29) is 0 Å². The van der Waals surface area contributed by atoms with Crippen LogP contribution >= 0.6 is 12.2 Å². The van der Waals surface area contributed by atoms with E-state index in [2.05, 4.69) is 20.6 Å². The van der Waals surface area contributed by atoms with Gasteiger partial charge in [0.2, 0.25) is 11.8 Å².